The molecule has 10 heteroatoms. The van der Waals surface area contributed by atoms with Crippen LogP contribution in [0, 0.1) is 5.82 Å². The number of oxazole rings is 1. The summed E-state index contributed by atoms with van der Waals surface area (Å²) in [6.45, 7) is 10.3. The highest BCUT2D eigenvalue weighted by Crippen LogP contribution is 2.19. The molecule has 0 unspecified atom stereocenters. The third-order valence-corrected chi connectivity index (χ3v) is 4.08. The summed E-state index contributed by atoms with van der Waals surface area (Å²) in [7, 11) is 1.67. The van der Waals surface area contributed by atoms with Gasteiger partial charge in [0, 0.05) is 32.1 Å². The van der Waals surface area contributed by atoms with Crippen molar-refractivity contribution in [2.75, 3.05) is 20.1 Å². The minimum Gasteiger partial charge on any atom is -0.444 e. The molecule has 2 rings (SSSR count). The Kier molecular flexibility index (Phi) is 10.4. The number of ether oxygens (including phenoxy) is 1. The van der Waals surface area contributed by atoms with E-state index in [1.54, 1.807) is 25.4 Å². The van der Waals surface area contributed by atoms with Gasteiger partial charge in [0.25, 0.3) is 0 Å². The molecule has 0 aliphatic rings. The number of aromatic nitrogens is 1. The van der Waals surface area contributed by atoms with Gasteiger partial charge in [-0.2, -0.15) is 0 Å². The Morgan fingerprint density at radius 3 is 2.41 bits per heavy atom. The quantitative estimate of drug-likeness (QED) is 0.267. The van der Waals surface area contributed by atoms with Crippen molar-refractivity contribution in [1.29, 1.82) is 0 Å². The Balaban J connectivity index is 0.00000512. The molecule has 0 radical (unpaired) electrons. The lowest BCUT2D eigenvalue weighted by atomic mass is 10.1. The van der Waals surface area contributed by atoms with Crippen LogP contribution < -0.4 is 16.0 Å². The number of guanidine groups is 1. The molecular weight excluding hydrogens is 528 g/mol. The summed E-state index contributed by atoms with van der Waals surface area (Å²) < 4.78 is 23.8. The summed E-state index contributed by atoms with van der Waals surface area (Å²) >= 11 is 0. The molecular formula is C22H33FIN5O3. The number of aliphatic imine (C=N–C) groups is 1. The van der Waals surface area contributed by atoms with Crippen LogP contribution in [-0.4, -0.2) is 48.3 Å². The smallest absolute Gasteiger partial charge is 0.408 e. The molecule has 0 spiro atoms. The molecule has 1 aromatic heterocycles. The van der Waals surface area contributed by atoms with Gasteiger partial charge in [-0.25, -0.2) is 14.2 Å². The lowest BCUT2D eigenvalue weighted by molar-refractivity contribution is 0.0474. The number of nitrogens with zero attached hydrogens (tertiary/aromatic N) is 2. The lowest BCUT2D eigenvalue weighted by Crippen LogP contribution is -2.54. The highest BCUT2D eigenvalue weighted by atomic mass is 127. The van der Waals surface area contributed by atoms with E-state index in [1.807, 2.05) is 34.6 Å². The van der Waals surface area contributed by atoms with Crippen molar-refractivity contribution in [2.24, 2.45) is 4.99 Å². The van der Waals surface area contributed by atoms with Gasteiger partial charge < -0.3 is 25.1 Å². The third kappa shape index (κ3) is 9.84. The van der Waals surface area contributed by atoms with Gasteiger partial charge in [0.15, 0.2) is 5.96 Å². The van der Waals surface area contributed by atoms with E-state index in [0.29, 0.717) is 31.4 Å². The van der Waals surface area contributed by atoms with E-state index >= 15 is 0 Å². The van der Waals surface area contributed by atoms with Gasteiger partial charge in [0.05, 0.1) is 11.2 Å². The van der Waals surface area contributed by atoms with Crippen LogP contribution in [0.4, 0.5) is 9.18 Å². The van der Waals surface area contributed by atoms with Crippen molar-refractivity contribution >= 4 is 36.0 Å². The first-order chi connectivity index (χ1) is 14.5. The molecule has 1 amide bonds. The minimum absolute atomic E-state index is 0. The second-order valence-electron chi connectivity index (χ2n) is 8.76. The number of carbonyl (C=O) groups excluding carboxylic acids is 1. The first kappa shape index (κ1) is 27.7. The van der Waals surface area contributed by atoms with Crippen LogP contribution in [0.5, 0.6) is 0 Å². The van der Waals surface area contributed by atoms with Crippen molar-refractivity contribution in [1.82, 2.24) is 20.9 Å². The highest BCUT2D eigenvalue weighted by Gasteiger charge is 2.24. The molecule has 0 saturated carbocycles. The lowest BCUT2D eigenvalue weighted by Gasteiger charge is -2.29. The predicted octanol–water partition coefficient (Wildman–Crippen LogP) is 4.11. The zero-order chi connectivity index (χ0) is 23.1. The summed E-state index contributed by atoms with van der Waals surface area (Å²) in [5, 5.41) is 9.24. The second-order valence-corrected chi connectivity index (χ2v) is 8.76. The molecule has 2 aromatic rings. The van der Waals surface area contributed by atoms with E-state index in [2.05, 4.69) is 25.9 Å². The maximum atomic E-state index is 13.0. The predicted molar refractivity (Wildman–Crippen MR) is 134 cm³/mol. The number of carbonyl (C=O) groups is 1. The molecule has 32 heavy (non-hydrogen) atoms. The SMILES string of the molecule is CN=C(NCCc1coc(-c2ccc(F)cc2)n1)NCC(C)(C)NC(=O)OC(C)(C)C.I. The van der Waals surface area contributed by atoms with Gasteiger partial charge in [-0.15, -0.1) is 24.0 Å². The van der Waals surface area contributed by atoms with Crippen molar-refractivity contribution in [2.45, 2.75) is 52.2 Å². The summed E-state index contributed by atoms with van der Waals surface area (Å²) in [5.41, 5.74) is 0.394. The van der Waals surface area contributed by atoms with Crippen molar-refractivity contribution in [3.05, 3.63) is 42.0 Å². The van der Waals surface area contributed by atoms with E-state index in [0.717, 1.165) is 11.3 Å². The van der Waals surface area contributed by atoms with Crippen LogP contribution in [0.2, 0.25) is 0 Å². The molecule has 3 N–H and O–H groups in total. The number of nitrogens with one attached hydrogen (secondary N) is 3. The minimum atomic E-state index is -0.553. The maximum Gasteiger partial charge on any atom is 0.408 e. The number of hydrogen-bond donors (Lipinski definition) is 3. The molecule has 178 valence electrons. The largest absolute Gasteiger partial charge is 0.444 e. The van der Waals surface area contributed by atoms with Crippen LogP contribution in [0.3, 0.4) is 0 Å². The van der Waals surface area contributed by atoms with Crippen molar-refractivity contribution in [3.8, 4) is 11.5 Å². The van der Waals surface area contributed by atoms with Gasteiger partial charge in [0.1, 0.15) is 17.7 Å². The number of hydrogen-bond acceptors (Lipinski definition) is 5. The van der Waals surface area contributed by atoms with E-state index in [1.165, 1.54) is 12.1 Å². The third-order valence-electron chi connectivity index (χ3n) is 4.08. The average Bonchev–Trinajstić information content (AvgIpc) is 3.12. The molecule has 0 saturated heterocycles. The molecule has 1 aromatic carbocycles. The Morgan fingerprint density at radius 1 is 1.16 bits per heavy atom. The van der Waals surface area contributed by atoms with Crippen LogP contribution in [0.25, 0.3) is 11.5 Å². The van der Waals surface area contributed by atoms with Crippen LogP contribution in [0.1, 0.15) is 40.3 Å². The average molecular weight is 561 g/mol. The fourth-order valence-electron chi connectivity index (χ4n) is 2.61. The monoisotopic (exact) mass is 561 g/mol. The highest BCUT2D eigenvalue weighted by molar-refractivity contribution is 14.0. The van der Waals surface area contributed by atoms with Gasteiger partial charge in [-0.3, -0.25) is 4.99 Å². The molecule has 0 fully saturated rings. The van der Waals surface area contributed by atoms with E-state index in [-0.39, 0.29) is 29.8 Å². The van der Waals surface area contributed by atoms with E-state index < -0.39 is 17.2 Å². The molecule has 0 aliphatic carbocycles. The van der Waals surface area contributed by atoms with Gasteiger partial charge in [-0.1, -0.05) is 0 Å². The summed E-state index contributed by atoms with van der Waals surface area (Å²) in [6.07, 6.45) is 1.74. The zero-order valence-corrected chi connectivity index (χ0v) is 21.7. The Hall–Kier alpha value is -2.37. The number of rotatable bonds is 7. The fourth-order valence-corrected chi connectivity index (χ4v) is 2.61. The van der Waals surface area contributed by atoms with Gasteiger partial charge >= 0.3 is 6.09 Å². The fraction of sp³-hybridized carbons (Fsp3) is 0.500. The molecule has 8 nitrogen and oxygen atoms in total. The first-order valence-corrected chi connectivity index (χ1v) is 10.1. The van der Waals surface area contributed by atoms with Crippen LogP contribution >= 0.6 is 24.0 Å². The molecule has 0 bridgehead atoms. The number of alkyl carbamates (subject to hydrolysis) is 1. The first-order valence-electron chi connectivity index (χ1n) is 10.1. The summed E-state index contributed by atoms with van der Waals surface area (Å²) in [5.74, 6) is 0.747. The normalized spacial score (nSPS) is 12.0. The van der Waals surface area contributed by atoms with Crippen molar-refractivity contribution < 1.29 is 18.3 Å². The second kappa shape index (κ2) is 12.0. The van der Waals surface area contributed by atoms with E-state index in [4.69, 9.17) is 9.15 Å². The standard InChI is InChI=1S/C22H32FN5O3.HI/c1-21(2,3)31-20(29)28-22(4,5)14-26-19(24-6)25-12-11-17-13-30-18(27-17)15-7-9-16(23)10-8-15;/h7-10,13H,11-12,14H2,1-6H3,(H,28,29)(H2,24,25,26);1H. The Morgan fingerprint density at radius 2 is 1.81 bits per heavy atom. The summed E-state index contributed by atoms with van der Waals surface area (Å²) in [6, 6.07) is 6.00. The molecule has 0 aliphatic heterocycles. The molecule has 0 atom stereocenters. The van der Waals surface area contributed by atoms with Gasteiger partial charge in [-0.05, 0) is 58.9 Å². The van der Waals surface area contributed by atoms with Crippen LogP contribution in [0.15, 0.2) is 39.9 Å². The zero-order valence-electron chi connectivity index (χ0n) is 19.4. The van der Waals surface area contributed by atoms with Gasteiger partial charge in [0.2, 0.25) is 5.89 Å². The topological polar surface area (TPSA) is 101 Å². The van der Waals surface area contributed by atoms with Crippen LogP contribution in [-0.2, 0) is 11.2 Å². The number of halogens is 2. The Labute approximate surface area is 205 Å². The number of benzene rings is 1. The van der Waals surface area contributed by atoms with E-state index in [9.17, 15) is 9.18 Å². The maximum absolute atomic E-state index is 13.0. The summed E-state index contributed by atoms with van der Waals surface area (Å²) in [4.78, 5) is 20.6. The Bertz CT molecular complexity index is 892. The number of amides is 1. The molecule has 1 heterocycles. The van der Waals surface area contributed by atoms with Crippen molar-refractivity contribution in [3.63, 3.8) is 0 Å².